The van der Waals surface area contributed by atoms with E-state index in [0.717, 1.165) is 43.0 Å². The Labute approximate surface area is 154 Å². The van der Waals surface area contributed by atoms with Gasteiger partial charge in [-0.1, -0.05) is 5.21 Å². The van der Waals surface area contributed by atoms with Crippen LogP contribution in [0.15, 0.2) is 18.2 Å². The molecule has 2 fully saturated rings. The highest BCUT2D eigenvalue weighted by Crippen LogP contribution is 2.21. The summed E-state index contributed by atoms with van der Waals surface area (Å²) >= 11 is 0. The van der Waals surface area contributed by atoms with E-state index in [4.69, 9.17) is 0 Å². The third-order valence-corrected chi connectivity index (χ3v) is 5.94. The number of piperidine rings is 2. The van der Waals surface area contributed by atoms with Gasteiger partial charge in [0.25, 0.3) is 5.91 Å². The molecule has 0 atom stereocenters. The average molecular weight is 356 g/mol. The molecule has 2 aliphatic heterocycles. The number of aryl methyl sites for hydroxylation is 1. The Kier molecular flexibility index (Phi) is 4.91. The van der Waals surface area contributed by atoms with Gasteiger partial charge in [-0.3, -0.25) is 4.79 Å². The standard InChI is InChI=1S/C19H28N6O/c1-23-9-7-16(8-10-23)25-11-5-15(6-12-25)20-19(26)14-3-4-17-18(13-14)24(2)22-21-17/h3-4,13,15-16H,5-12H2,1-2H3,(H,20,26). The van der Waals surface area contributed by atoms with Crippen molar-refractivity contribution in [1.82, 2.24) is 30.1 Å². The lowest BCUT2D eigenvalue weighted by Gasteiger charge is -2.41. The highest BCUT2D eigenvalue weighted by atomic mass is 16.1. The van der Waals surface area contributed by atoms with E-state index in [0.29, 0.717) is 5.56 Å². The van der Waals surface area contributed by atoms with Crippen molar-refractivity contribution in [1.29, 1.82) is 0 Å². The Morgan fingerprint density at radius 1 is 1.08 bits per heavy atom. The van der Waals surface area contributed by atoms with Crippen LogP contribution < -0.4 is 5.32 Å². The van der Waals surface area contributed by atoms with E-state index in [-0.39, 0.29) is 11.9 Å². The summed E-state index contributed by atoms with van der Waals surface area (Å²) < 4.78 is 1.70. The summed E-state index contributed by atoms with van der Waals surface area (Å²) in [6, 6.07) is 6.56. The van der Waals surface area contributed by atoms with Crippen LogP contribution >= 0.6 is 0 Å². The quantitative estimate of drug-likeness (QED) is 0.897. The first-order valence-corrected chi connectivity index (χ1v) is 9.63. The van der Waals surface area contributed by atoms with E-state index >= 15 is 0 Å². The number of nitrogens with zero attached hydrogens (tertiary/aromatic N) is 5. The molecule has 0 spiro atoms. The Morgan fingerprint density at radius 2 is 1.81 bits per heavy atom. The van der Waals surface area contributed by atoms with Crippen molar-refractivity contribution in [2.45, 2.75) is 37.8 Å². The number of carbonyl (C=O) groups excluding carboxylic acids is 1. The number of rotatable bonds is 3. The van der Waals surface area contributed by atoms with E-state index in [1.165, 1.54) is 25.9 Å². The molecule has 140 valence electrons. The fraction of sp³-hybridized carbons (Fsp3) is 0.632. The lowest BCUT2D eigenvalue weighted by molar-refractivity contribution is 0.0807. The number of nitrogens with one attached hydrogen (secondary N) is 1. The van der Waals surface area contributed by atoms with Gasteiger partial charge in [-0.2, -0.15) is 0 Å². The topological polar surface area (TPSA) is 66.3 Å². The van der Waals surface area contributed by atoms with Crippen LogP contribution in [0, 0.1) is 0 Å². The zero-order valence-corrected chi connectivity index (χ0v) is 15.7. The van der Waals surface area contributed by atoms with Gasteiger partial charge >= 0.3 is 0 Å². The predicted octanol–water partition coefficient (Wildman–Crippen LogP) is 1.26. The van der Waals surface area contributed by atoms with Crippen LogP contribution in [0.2, 0.25) is 0 Å². The normalized spacial score (nSPS) is 21.3. The van der Waals surface area contributed by atoms with Gasteiger partial charge in [-0.15, -0.1) is 5.10 Å². The van der Waals surface area contributed by atoms with Gasteiger partial charge in [0.1, 0.15) is 5.52 Å². The smallest absolute Gasteiger partial charge is 0.251 e. The van der Waals surface area contributed by atoms with E-state index in [1.807, 2.05) is 25.2 Å². The molecule has 0 bridgehead atoms. The van der Waals surface area contributed by atoms with E-state index < -0.39 is 0 Å². The van der Waals surface area contributed by atoms with Crippen molar-refractivity contribution in [2.75, 3.05) is 33.2 Å². The minimum atomic E-state index is 0.00541. The number of benzene rings is 1. The molecular formula is C19H28N6O. The number of hydrogen-bond acceptors (Lipinski definition) is 5. The van der Waals surface area contributed by atoms with Crippen LogP contribution in [0.1, 0.15) is 36.0 Å². The van der Waals surface area contributed by atoms with E-state index in [1.54, 1.807) is 4.68 Å². The molecule has 1 amide bonds. The Bertz CT molecular complexity index is 771. The van der Waals surface area contributed by atoms with Crippen LogP contribution in [0.4, 0.5) is 0 Å². The molecule has 1 aromatic heterocycles. The molecule has 2 saturated heterocycles. The average Bonchev–Trinajstić information content (AvgIpc) is 3.03. The Morgan fingerprint density at radius 3 is 2.54 bits per heavy atom. The van der Waals surface area contributed by atoms with Gasteiger partial charge in [0, 0.05) is 37.8 Å². The minimum absolute atomic E-state index is 0.00541. The van der Waals surface area contributed by atoms with E-state index in [9.17, 15) is 4.79 Å². The number of likely N-dealkylation sites (tertiary alicyclic amines) is 2. The van der Waals surface area contributed by atoms with Gasteiger partial charge in [0.2, 0.25) is 0 Å². The number of hydrogen-bond donors (Lipinski definition) is 1. The molecule has 26 heavy (non-hydrogen) atoms. The summed E-state index contributed by atoms with van der Waals surface area (Å²) in [6.07, 6.45) is 4.61. The van der Waals surface area contributed by atoms with Crippen molar-refractivity contribution < 1.29 is 4.79 Å². The fourth-order valence-corrected chi connectivity index (χ4v) is 4.21. The first-order chi connectivity index (χ1) is 12.6. The zero-order chi connectivity index (χ0) is 18.1. The maximum atomic E-state index is 12.6. The predicted molar refractivity (Wildman–Crippen MR) is 101 cm³/mol. The van der Waals surface area contributed by atoms with Gasteiger partial charge in [0.05, 0.1) is 5.52 Å². The monoisotopic (exact) mass is 356 g/mol. The maximum absolute atomic E-state index is 12.6. The first-order valence-electron chi connectivity index (χ1n) is 9.63. The molecule has 0 aliphatic carbocycles. The lowest BCUT2D eigenvalue weighted by Crippen LogP contribution is -2.50. The molecule has 7 heteroatoms. The largest absolute Gasteiger partial charge is 0.349 e. The summed E-state index contributed by atoms with van der Waals surface area (Å²) in [5.41, 5.74) is 2.38. The second-order valence-electron chi connectivity index (χ2n) is 7.73. The van der Waals surface area contributed by atoms with Gasteiger partial charge in [-0.05, 0) is 64.0 Å². The maximum Gasteiger partial charge on any atom is 0.251 e. The summed E-state index contributed by atoms with van der Waals surface area (Å²) in [5.74, 6) is 0.00541. The minimum Gasteiger partial charge on any atom is -0.349 e. The molecular weight excluding hydrogens is 328 g/mol. The van der Waals surface area contributed by atoms with Crippen molar-refractivity contribution in [2.24, 2.45) is 7.05 Å². The van der Waals surface area contributed by atoms with Crippen molar-refractivity contribution in [3.63, 3.8) is 0 Å². The molecule has 0 radical (unpaired) electrons. The SMILES string of the molecule is CN1CCC(N2CCC(NC(=O)c3ccc4nnn(C)c4c3)CC2)CC1. The molecule has 1 N–H and O–H groups in total. The van der Waals surface area contributed by atoms with Crippen molar-refractivity contribution >= 4 is 16.9 Å². The van der Waals surface area contributed by atoms with Crippen molar-refractivity contribution in [3.8, 4) is 0 Å². The lowest BCUT2D eigenvalue weighted by atomic mass is 9.98. The summed E-state index contributed by atoms with van der Waals surface area (Å²) in [5, 5.41) is 11.3. The zero-order valence-electron chi connectivity index (χ0n) is 15.7. The molecule has 1 aromatic carbocycles. The summed E-state index contributed by atoms with van der Waals surface area (Å²) in [7, 11) is 4.05. The first kappa shape index (κ1) is 17.4. The highest BCUT2D eigenvalue weighted by Gasteiger charge is 2.28. The molecule has 2 aromatic rings. The highest BCUT2D eigenvalue weighted by molar-refractivity contribution is 5.97. The number of aromatic nitrogens is 3. The van der Waals surface area contributed by atoms with Crippen molar-refractivity contribution in [3.05, 3.63) is 23.8 Å². The molecule has 4 rings (SSSR count). The molecule has 3 heterocycles. The second kappa shape index (κ2) is 7.32. The Hall–Kier alpha value is -1.99. The summed E-state index contributed by atoms with van der Waals surface area (Å²) in [4.78, 5) is 17.7. The van der Waals surface area contributed by atoms with Gasteiger partial charge in [0.15, 0.2) is 0 Å². The third kappa shape index (κ3) is 3.59. The number of amides is 1. The van der Waals surface area contributed by atoms with Crippen LogP contribution in [-0.2, 0) is 7.05 Å². The van der Waals surface area contributed by atoms with Gasteiger partial charge in [-0.25, -0.2) is 4.68 Å². The third-order valence-electron chi connectivity index (χ3n) is 5.94. The van der Waals surface area contributed by atoms with Crippen LogP contribution in [0.25, 0.3) is 11.0 Å². The molecule has 0 unspecified atom stereocenters. The van der Waals surface area contributed by atoms with Gasteiger partial charge < -0.3 is 15.1 Å². The molecule has 7 nitrogen and oxygen atoms in total. The Balaban J connectivity index is 1.32. The number of carbonyl (C=O) groups is 1. The molecule has 2 aliphatic rings. The van der Waals surface area contributed by atoms with E-state index in [2.05, 4.69) is 32.5 Å². The van der Waals surface area contributed by atoms with Crippen LogP contribution in [0.3, 0.4) is 0 Å². The fourth-order valence-electron chi connectivity index (χ4n) is 4.21. The van der Waals surface area contributed by atoms with Crippen LogP contribution in [-0.4, -0.2) is 76.0 Å². The van der Waals surface area contributed by atoms with Crippen LogP contribution in [0.5, 0.6) is 0 Å². The number of fused-ring (bicyclic) bond motifs is 1. The molecule has 0 saturated carbocycles. The second-order valence-corrected chi connectivity index (χ2v) is 7.73. The summed E-state index contributed by atoms with van der Waals surface area (Å²) in [6.45, 7) is 4.58.